The summed E-state index contributed by atoms with van der Waals surface area (Å²) in [5.74, 6) is 2.69. The Kier molecular flexibility index (Phi) is 5.06. The van der Waals surface area contributed by atoms with Crippen LogP contribution in [0.5, 0.6) is 23.0 Å². The molecule has 4 nitrogen and oxygen atoms in total. The largest absolute Gasteiger partial charge is 0.493 e. The molecule has 0 heterocycles. The van der Waals surface area contributed by atoms with Gasteiger partial charge in [0.15, 0.2) is 11.5 Å². The Morgan fingerprint density at radius 1 is 0.667 bits per heavy atom. The normalized spacial score (nSPS) is 10.4. The number of para-hydroxylation sites is 1. The Morgan fingerprint density at radius 2 is 1.33 bits per heavy atom. The number of methoxy groups -OCH3 is 2. The first-order chi connectivity index (χ1) is 11.8. The molecule has 0 aliphatic rings. The summed E-state index contributed by atoms with van der Waals surface area (Å²) in [6.45, 7) is 0.823. The lowest BCUT2D eigenvalue weighted by atomic mass is 10.1. The van der Waals surface area contributed by atoms with Crippen molar-refractivity contribution in [2.75, 3.05) is 27.4 Å². The van der Waals surface area contributed by atoms with E-state index in [4.69, 9.17) is 18.9 Å². The van der Waals surface area contributed by atoms with E-state index in [2.05, 4.69) is 18.2 Å². The molecule has 0 aromatic heterocycles. The Labute approximate surface area is 141 Å². The van der Waals surface area contributed by atoms with E-state index in [1.54, 1.807) is 14.2 Å². The van der Waals surface area contributed by atoms with Gasteiger partial charge in [-0.1, -0.05) is 36.4 Å². The molecule has 0 spiro atoms. The molecule has 0 N–H and O–H groups in total. The summed E-state index contributed by atoms with van der Waals surface area (Å²) in [5.41, 5.74) is 0. The second kappa shape index (κ2) is 7.59. The first kappa shape index (κ1) is 16.0. The molecule has 24 heavy (non-hydrogen) atoms. The minimum Gasteiger partial charge on any atom is -0.493 e. The smallest absolute Gasteiger partial charge is 0.203 e. The second-order valence-electron chi connectivity index (χ2n) is 5.20. The maximum Gasteiger partial charge on any atom is 0.203 e. The number of fused-ring (bicyclic) bond motifs is 1. The first-order valence-electron chi connectivity index (χ1n) is 7.77. The highest BCUT2D eigenvalue weighted by atomic mass is 16.6. The SMILES string of the molecule is COc1cccc(OC)c1OCCOc1ccc2ccccc2c1. The minimum atomic E-state index is 0.392. The highest BCUT2D eigenvalue weighted by molar-refractivity contribution is 5.83. The molecular formula is C20H20O4. The van der Waals surface area contributed by atoms with E-state index >= 15 is 0 Å². The van der Waals surface area contributed by atoms with Crippen LogP contribution in [0.1, 0.15) is 0 Å². The summed E-state index contributed by atoms with van der Waals surface area (Å²) in [5, 5.41) is 2.35. The van der Waals surface area contributed by atoms with Crippen LogP contribution in [0.2, 0.25) is 0 Å². The van der Waals surface area contributed by atoms with E-state index in [1.807, 2.05) is 42.5 Å². The van der Waals surface area contributed by atoms with Crippen LogP contribution in [0.3, 0.4) is 0 Å². The molecule has 0 radical (unpaired) electrons. The third-order valence-electron chi connectivity index (χ3n) is 3.70. The van der Waals surface area contributed by atoms with E-state index in [0.29, 0.717) is 30.5 Å². The zero-order chi connectivity index (χ0) is 16.8. The lowest BCUT2D eigenvalue weighted by Crippen LogP contribution is -2.10. The van der Waals surface area contributed by atoms with Gasteiger partial charge in [-0.15, -0.1) is 0 Å². The summed E-state index contributed by atoms with van der Waals surface area (Å²) in [6.07, 6.45) is 0. The van der Waals surface area contributed by atoms with Crippen LogP contribution in [0.15, 0.2) is 60.7 Å². The summed E-state index contributed by atoms with van der Waals surface area (Å²) >= 11 is 0. The third-order valence-corrected chi connectivity index (χ3v) is 3.70. The van der Waals surface area contributed by atoms with Crippen molar-refractivity contribution in [2.24, 2.45) is 0 Å². The molecule has 0 saturated heterocycles. The molecule has 3 aromatic rings. The van der Waals surface area contributed by atoms with Gasteiger partial charge in [-0.25, -0.2) is 0 Å². The lowest BCUT2D eigenvalue weighted by Gasteiger charge is -2.14. The fourth-order valence-electron chi connectivity index (χ4n) is 2.52. The zero-order valence-corrected chi connectivity index (χ0v) is 13.8. The van der Waals surface area contributed by atoms with Gasteiger partial charge in [-0.05, 0) is 35.0 Å². The summed E-state index contributed by atoms with van der Waals surface area (Å²) in [4.78, 5) is 0. The van der Waals surface area contributed by atoms with E-state index in [-0.39, 0.29) is 0 Å². The number of ether oxygens (including phenoxy) is 4. The van der Waals surface area contributed by atoms with Crippen LogP contribution >= 0.6 is 0 Å². The average molecular weight is 324 g/mol. The lowest BCUT2D eigenvalue weighted by molar-refractivity contribution is 0.205. The number of hydrogen-bond donors (Lipinski definition) is 0. The molecular weight excluding hydrogens is 304 g/mol. The van der Waals surface area contributed by atoms with Crippen molar-refractivity contribution in [3.63, 3.8) is 0 Å². The van der Waals surface area contributed by atoms with Gasteiger partial charge in [0.1, 0.15) is 19.0 Å². The molecule has 124 valence electrons. The van der Waals surface area contributed by atoms with Crippen molar-refractivity contribution in [3.05, 3.63) is 60.7 Å². The maximum absolute atomic E-state index is 5.78. The van der Waals surface area contributed by atoms with Crippen LogP contribution in [0.4, 0.5) is 0 Å². The molecule has 0 bridgehead atoms. The van der Waals surface area contributed by atoms with E-state index < -0.39 is 0 Å². The predicted molar refractivity (Wildman–Crippen MR) is 94.5 cm³/mol. The van der Waals surface area contributed by atoms with Gasteiger partial charge in [-0.2, -0.15) is 0 Å². The standard InChI is InChI=1S/C20H20O4/c1-21-18-8-5-9-19(22-2)20(18)24-13-12-23-17-11-10-15-6-3-4-7-16(15)14-17/h3-11,14H,12-13H2,1-2H3. The highest BCUT2D eigenvalue weighted by Gasteiger charge is 2.11. The van der Waals surface area contributed by atoms with E-state index in [9.17, 15) is 0 Å². The molecule has 0 aliphatic carbocycles. The van der Waals surface area contributed by atoms with Gasteiger partial charge >= 0.3 is 0 Å². The van der Waals surface area contributed by atoms with E-state index in [1.165, 1.54) is 5.39 Å². The summed E-state index contributed by atoms with van der Waals surface area (Å²) < 4.78 is 22.2. The predicted octanol–water partition coefficient (Wildman–Crippen LogP) is 4.31. The average Bonchev–Trinajstić information content (AvgIpc) is 2.64. The van der Waals surface area contributed by atoms with Crippen molar-refractivity contribution in [3.8, 4) is 23.0 Å². The highest BCUT2D eigenvalue weighted by Crippen LogP contribution is 2.36. The van der Waals surface area contributed by atoms with Gasteiger partial charge in [0.05, 0.1) is 14.2 Å². The maximum atomic E-state index is 5.78. The molecule has 0 saturated carbocycles. The fourth-order valence-corrected chi connectivity index (χ4v) is 2.52. The van der Waals surface area contributed by atoms with E-state index in [0.717, 1.165) is 11.1 Å². The van der Waals surface area contributed by atoms with Crippen LogP contribution in [-0.4, -0.2) is 27.4 Å². The molecule has 4 heteroatoms. The number of benzene rings is 3. The molecule has 3 aromatic carbocycles. The summed E-state index contributed by atoms with van der Waals surface area (Å²) in [6, 6.07) is 19.8. The molecule has 0 fully saturated rings. The van der Waals surface area contributed by atoms with Crippen molar-refractivity contribution in [2.45, 2.75) is 0 Å². The van der Waals surface area contributed by atoms with Crippen LogP contribution < -0.4 is 18.9 Å². The quantitative estimate of drug-likeness (QED) is 0.607. The van der Waals surface area contributed by atoms with Crippen LogP contribution in [0, 0.1) is 0 Å². The second-order valence-corrected chi connectivity index (χ2v) is 5.20. The fraction of sp³-hybridized carbons (Fsp3) is 0.200. The number of rotatable bonds is 7. The zero-order valence-electron chi connectivity index (χ0n) is 13.8. The van der Waals surface area contributed by atoms with Gasteiger partial charge < -0.3 is 18.9 Å². The van der Waals surface area contributed by atoms with Crippen molar-refractivity contribution in [1.82, 2.24) is 0 Å². The third kappa shape index (κ3) is 3.54. The van der Waals surface area contributed by atoms with Gasteiger partial charge in [-0.3, -0.25) is 0 Å². The topological polar surface area (TPSA) is 36.9 Å². The van der Waals surface area contributed by atoms with Crippen LogP contribution in [0.25, 0.3) is 10.8 Å². The van der Waals surface area contributed by atoms with Crippen molar-refractivity contribution < 1.29 is 18.9 Å². The molecule has 3 rings (SSSR count). The van der Waals surface area contributed by atoms with Crippen molar-refractivity contribution >= 4 is 10.8 Å². The summed E-state index contributed by atoms with van der Waals surface area (Å²) in [7, 11) is 3.21. The van der Waals surface area contributed by atoms with Crippen molar-refractivity contribution in [1.29, 1.82) is 0 Å². The first-order valence-corrected chi connectivity index (χ1v) is 7.77. The molecule has 0 aliphatic heterocycles. The molecule has 0 unspecified atom stereocenters. The Morgan fingerprint density at radius 3 is 2.04 bits per heavy atom. The molecule has 0 atom stereocenters. The van der Waals surface area contributed by atoms with Gasteiger partial charge in [0.2, 0.25) is 5.75 Å². The Bertz CT molecular complexity index is 791. The van der Waals surface area contributed by atoms with Gasteiger partial charge in [0.25, 0.3) is 0 Å². The number of hydrogen-bond acceptors (Lipinski definition) is 4. The Balaban J connectivity index is 1.60. The Hall–Kier alpha value is -2.88. The monoisotopic (exact) mass is 324 g/mol. The van der Waals surface area contributed by atoms with Crippen LogP contribution in [-0.2, 0) is 0 Å². The van der Waals surface area contributed by atoms with Gasteiger partial charge in [0, 0.05) is 0 Å². The minimum absolute atomic E-state index is 0.392. The molecule has 0 amide bonds.